The minimum atomic E-state index is -0.0575. The molecule has 0 saturated carbocycles. The maximum atomic E-state index is 12.1. The molecule has 0 heterocycles. The Kier molecular flexibility index (Phi) is 5.82. The highest BCUT2D eigenvalue weighted by Gasteiger charge is 2.10. The number of carbonyl (C=O) groups excluding carboxylic acids is 1. The van der Waals surface area contributed by atoms with E-state index in [2.05, 4.69) is 31.9 Å². The number of likely N-dealkylation sites (N-methyl/N-ethyl adjacent to an activating group) is 1. The summed E-state index contributed by atoms with van der Waals surface area (Å²) in [6, 6.07) is 15.3. The molecule has 0 aliphatic heterocycles. The van der Waals surface area contributed by atoms with Crippen LogP contribution in [-0.2, 0) is 11.3 Å². The maximum Gasteiger partial charge on any atom is 0.260 e. The molecule has 0 spiro atoms. The summed E-state index contributed by atoms with van der Waals surface area (Å²) in [7, 11) is 1.77. The largest absolute Gasteiger partial charge is 0.484 e. The second kappa shape index (κ2) is 7.61. The number of halogens is 2. The van der Waals surface area contributed by atoms with Crippen LogP contribution in [0.25, 0.3) is 0 Å². The SMILES string of the molecule is CN(Cc1ccc(Br)cc1)C(=O)COc1cccc(Br)c1. The van der Waals surface area contributed by atoms with Crippen molar-refractivity contribution in [3.63, 3.8) is 0 Å². The molecule has 0 fully saturated rings. The van der Waals surface area contributed by atoms with E-state index < -0.39 is 0 Å². The summed E-state index contributed by atoms with van der Waals surface area (Å²) in [5.41, 5.74) is 1.08. The van der Waals surface area contributed by atoms with Gasteiger partial charge >= 0.3 is 0 Å². The van der Waals surface area contributed by atoms with Gasteiger partial charge in [-0.25, -0.2) is 0 Å². The smallest absolute Gasteiger partial charge is 0.260 e. The lowest BCUT2D eigenvalue weighted by molar-refractivity contribution is -0.132. The molecule has 2 aromatic carbocycles. The van der Waals surface area contributed by atoms with Crippen LogP contribution >= 0.6 is 31.9 Å². The van der Waals surface area contributed by atoms with E-state index in [-0.39, 0.29) is 12.5 Å². The number of benzene rings is 2. The molecule has 0 unspecified atom stereocenters. The molecule has 0 atom stereocenters. The third-order valence-electron chi connectivity index (χ3n) is 2.92. The maximum absolute atomic E-state index is 12.1. The van der Waals surface area contributed by atoms with Crippen LogP contribution in [0.2, 0.25) is 0 Å². The summed E-state index contributed by atoms with van der Waals surface area (Å²) in [6.45, 7) is 0.595. The van der Waals surface area contributed by atoms with Crippen molar-refractivity contribution in [1.82, 2.24) is 4.90 Å². The molecule has 0 saturated heterocycles. The number of nitrogens with zero attached hydrogens (tertiary/aromatic N) is 1. The Bertz CT molecular complexity index is 614. The zero-order chi connectivity index (χ0) is 15.2. The van der Waals surface area contributed by atoms with Crippen molar-refractivity contribution in [2.24, 2.45) is 0 Å². The molecule has 0 aliphatic rings. The molecule has 0 aromatic heterocycles. The van der Waals surface area contributed by atoms with Gasteiger partial charge in [0.15, 0.2) is 6.61 Å². The topological polar surface area (TPSA) is 29.5 Å². The van der Waals surface area contributed by atoms with E-state index >= 15 is 0 Å². The molecule has 2 aromatic rings. The second-order valence-electron chi connectivity index (χ2n) is 4.62. The van der Waals surface area contributed by atoms with Crippen molar-refractivity contribution >= 4 is 37.8 Å². The molecular weight excluding hydrogens is 398 g/mol. The van der Waals surface area contributed by atoms with Gasteiger partial charge in [-0.3, -0.25) is 4.79 Å². The van der Waals surface area contributed by atoms with Gasteiger partial charge in [-0.2, -0.15) is 0 Å². The zero-order valence-corrected chi connectivity index (χ0v) is 14.7. The molecule has 110 valence electrons. The summed E-state index contributed by atoms with van der Waals surface area (Å²) in [5.74, 6) is 0.618. The molecule has 21 heavy (non-hydrogen) atoms. The Labute approximate surface area is 141 Å². The number of carbonyl (C=O) groups is 1. The van der Waals surface area contributed by atoms with Gasteiger partial charge in [0.1, 0.15) is 5.75 Å². The minimum Gasteiger partial charge on any atom is -0.484 e. The summed E-state index contributed by atoms with van der Waals surface area (Å²) in [5, 5.41) is 0. The van der Waals surface area contributed by atoms with E-state index in [9.17, 15) is 4.79 Å². The molecule has 0 radical (unpaired) electrons. The van der Waals surface area contributed by atoms with Gasteiger partial charge in [0.2, 0.25) is 0 Å². The highest BCUT2D eigenvalue weighted by molar-refractivity contribution is 9.10. The molecule has 0 bridgehead atoms. The predicted molar refractivity (Wildman–Crippen MR) is 90.3 cm³/mol. The van der Waals surface area contributed by atoms with Crippen LogP contribution in [0.3, 0.4) is 0 Å². The van der Waals surface area contributed by atoms with Gasteiger partial charge in [-0.05, 0) is 35.9 Å². The molecule has 3 nitrogen and oxygen atoms in total. The average molecular weight is 413 g/mol. The summed E-state index contributed by atoms with van der Waals surface area (Å²) in [4.78, 5) is 13.7. The lowest BCUT2D eigenvalue weighted by Gasteiger charge is -2.17. The van der Waals surface area contributed by atoms with Crippen molar-refractivity contribution in [2.75, 3.05) is 13.7 Å². The highest BCUT2D eigenvalue weighted by Crippen LogP contribution is 2.18. The van der Waals surface area contributed by atoms with Gasteiger partial charge in [0, 0.05) is 22.5 Å². The minimum absolute atomic E-state index is 0.0312. The van der Waals surface area contributed by atoms with Crippen molar-refractivity contribution in [2.45, 2.75) is 6.54 Å². The molecular formula is C16H15Br2NO2. The lowest BCUT2D eigenvalue weighted by Crippen LogP contribution is -2.30. The second-order valence-corrected chi connectivity index (χ2v) is 6.45. The predicted octanol–water partition coefficient (Wildman–Crippen LogP) is 4.25. The van der Waals surface area contributed by atoms with Gasteiger partial charge in [0.05, 0.1) is 0 Å². The Morgan fingerprint density at radius 1 is 1.10 bits per heavy atom. The monoisotopic (exact) mass is 411 g/mol. The first-order valence-electron chi connectivity index (χ1n) is 6.41. The van der Waals surface area contributed by atoms with Gasteiger partial charge < -0.3 is 9.64 Å². The molecule has 2 rings (SSSR count). The highest BCUT2D eigenvalue weighted by atomic mass is 79.9. The van der Waals surface area contributed by atoms with Crippen LogP contribution in [0.1, 0.15) is 5.56 Å². The summed E-state index contributed by atoms with van der Waals surface area (Å²) >= 11 is 6.76. The fourth-order valence-corrected chi connectivity index (χ4v) is 2.41. The zero-order valence-electron chi connectivity index (χ0n) is 11.6. The van der Waals surface area contributed by atoms with Gasteiger partial charge in [0.25, 0.3) is 5.91 Å². The van der Waals surface area contributed by atoms with Gasteiger partial charge in [-0.15, -0.1) is 0 Å². The number of ether oxygens (including phenoxy) is 1. The van der Waals surface area contributed by atoms with Crippen molar-refractivity contribution in [3.8, 4) is 5.75 Å². The third-order valence-corrected chi connectivity index (χ3v) is 3.94. The quantitative estimate of drug-likeness (QED) is 0.734. The summed E-state index contributed by atoms with van der Waals surface area (Å²) < 4.78 is 7.45. The Hall–Kier alpha value is -1.33. The van der Waals surface area contributed by atoms with Gasteiger partial charge in [-0.1, -0.05) is 50.1 Å². The fraction of sp³-hybridized carbons (Fsp3) is 0.188. The Balaban J connectivity index is 1.86. The molecule has 0 N–H and O–H groups in total. The first-order valence-corrected chi connectivity index (χ1v) is 8.00. The molecule has 0 aliphatic carbocycles. The van der Waals surface area contributed by atoms with E-state index in [0.29, 0.717) is 12.3 Å². The van der Waals surface area contributed by atoms with Crippen LogP contribution in [0.15, 0.2) is 57.5 Å². The number of hydrogen-bond donors (Lipinski definition) is 0. The average Bonchev–Trinajstić information content (AvgIpc) is 2.47. The van der Waals surface area contributed by atoms with E-state index in [1.165, 1.54) is 0 Å². The lowest BCUT2D eigenvalue weighted by atomic mass is 10.2. The van der Waals surface area contributed by atoms with Crippen LogP contribution in [-0.4, -0.2) is 24.5 Å². The number of hydrogen-bond acceptors (Lipinski definition) is 2. The van der Waals surface area contributed by atoms with E-state index in [4.69, 9.17) is 4.74 Å². The van der Waals surface area contributed by atoms with Crippen LogP contribution in [0, 0.1) is 0 Å². The van der Waals surface area contributed by atoms with Crippen molar-refractivity contribution in [3.05, 3.63) is 63.0 Å². The molecule has 1 amide bonds. The van der Waals surface area contributed by atoms with E-state index in [0.717, 1.165) is 14.5 Å². The van der Waals surface area contributed by atoms with Crippen molar-refractivity contribution < 1.29 is 9.53 Å². The van der Waals surface area contributed by atoms with Crippen LogP contribution in [0.5, 0.6) is 5.75 Å². The van der Waals surface area contributed by atoms with Crippen LogP contribution < -0.4 is 4.74 Å². The number of rotatable bonds is 5. The third kappa shape index (κ3) is 5.17. The van der Waals surface area contributed by atoms with Crippen molar-refractivity contribution in [1.29, 1.82) is 0 Å². The fourth-order valence-electron chi connectivity index (χ4n) is 1.76. The normalized spacial score (nSPS) is 10.2. The first kappa shape index (κ1) is 16.0. The Morgan fingerprint density at radius 3 is 2.48 bits per heavy atom. The first-order chi connectivity index (χ1) is 10.0. The number of amides is 1. The van der Waals surface area contributed by atoms with E-state index in [1.54, 1.807) is 11.9 Å². The van der Waals surface area contributed by atoms with Crippen LogP contribution in [0.4, 0.5) is 0 Å². The molecule has 5 heteroatoms. The standard InChI is InChI=1S/C16H15Br2NO2/c1-19(10-12-5-7-13(17)8-6-12)16(20)11-21-15-4-2-3-14(18)9-15/h2-9H,10-11H2,1H3. The Morgan fingerprint density at radius 2 is 1.81 bits per heavy atom. The summed E-state index contributed by atoms with van der Waals surface area (Å²) in [6.07, 6.45) is 0. The van der Waals surface area contributed by atoms with E-state index in [1.807, 2.05) is 48.5 Å².